The number of hydrogen-bond acceptors (Lipinski definition) is 8. The highest BCUT2D eigenvalue weighted by Gasteiger charge is 2.45. The molecule has 0 saturated heterocycles. The number of amides is 1. The van der Waals surface area contributed by atoms with Crippen molar-refractivity contribution in [1.29, 1.82) is 0 Å². The summed E-state index contributed by atoms with van der Waals surface area (Å²) in [7, 11) is 0. The normalized spacial score (nSPS) is 15.1. The highest BCUT2D eigenvalue weighted by atomic mass is 32.2. The highest BCUT2D eigenvalue weighted by molar-refractivity contribution is 8.00. The topological polar surface area (TPSA) is 92.6 Å². The van der Waals surface area contributed by atoms with E-state index in [1.165, 1.54) is 34.1 Å². The summed E-state index contributed by atoms with van der Waals surface area (Å²) in [5.74, 6) is -0.334. The van der Waals surface area contributed by atoms with Gasteiger partial charge in [-0.1, -0.05) is 122 Å². The number of hydrogen-bond donors (Lipinski definition) is 1. The van der Waals surface area contributed by atoms with Gasteiger partial charge >= 0.3 is 0 Å². The minimum atomic E-state index is -0.875. The summed E-state index contributed by atoms with van der Waals surface area (Å²) in [6, 6.07) is 25.8. The molecule has 0 spiro atoms. The van der Waals surface area contributed by atoms with E-state index in [1.807, 2.05) is 84.9 Å². The van der Waals surface area contributed by atoms with Crippen LogP contribution in [0.4, 0.5) is 5.13 Å². The first kappa shape index (κ1) is 29.3. The second-order valence-corrected chi connectivity index (χ2v) is 11.9. The van der Waals surface area contributed by atoms with Crippen LogP contribution < -0.4 is 9.64 Å². The van der Waals surface area contributed by atoms with Crippen LogP contribution in [0.25, 0.3) is 6.08 Å². The van der Waals surface area contributed by atoms with E-state index in [1.54, 1.807) is 6.08 Å². The largest absolute Gasteiger partial charge is 0.503 e. The average Bonchev–Trinajstić information content (AvgIpc) is 3.60. The van der Waals surface area contributed by atoms with Gasteiger partial charge in [0, 0.05) is 5.75 Å². The van der Waals surface area contributed by atoms with Crippen LogP contribution in [-0.4, -0.2) is 33.6 Å². The summed E-state index contributed by atoms with van der Waals surface area (Å²) >= 11 is 2.76. The molecule has 1 aliphatic rings. The molecular weight excluding hydrogens is 567 g/mol. The lowest BCUT2D eigenvalue weighted by Gasteiger charge is -2.24. The summed E-state index contributed by atoms with van der Waals surface area (Å²) in [4.78, 5) is 28.4. The second-order valence-electron chi connectivity index (χ2n) is 9.70. The predicted molar refractivity (Wildman–Crippen MR) is 168 cm³/mol. The van der Waals surface area contributed by atoms with Gasteiger partial charge in [0.15, 0.2) is 15.9 Å². The third-order valence-electron chi connectivity index (χ3n) is 6.72. The minimum Gasteiger partial charge on any atom is -0.503 e. The van der Waals surface area contributed by atoms with E-state index in [9.17, 15) is 14.7 Å². The van der Waals surface area contributed by atoms with Crippen molar-refractivity contribution in [3.63, 3.8) is 0 Å². The number of aliphatic hydroxyl groups excluding tert-OH is 1. The van der Waals surface area contributed by atoms with Crippen molar-refractivity contribution >= 4 is 46.0 Å². The molecule has 4 aromatic rings. The number of nitrogens with zero attached hydrogens (tertiary/aromatic N) is 3. The molecule has 7 nitrogen and oxygen atoms in total. The van der Waals surface area contributed by atoms with Crippen molar-refractivity contribution in [2.24, 2.45) is 0 Å². The molecule has 0 aliphatic carbocycles. The standard InChI is InChI=1S/C33H31N3O4S2/c1-2-3-10-21-40-26-18-16-25(17-19-26)29-28(27(37)20-15-23-11-6-4-7-12-23)30(38)31(39)36(29)32-34-35-33(42-32)41-22-24-13-8-5-9-14-24/h4-9,11-20,29,38H,2-3,10,21-22H2,1H3. The average molecular weight is 598 g/mol. The number of carbonyl (C=O) groups excluding carboxylic acids is 2. The van der Waals surface area contributed by atoms with Gasteiger partial charge in [-0.25, -0.2) is 0 Å². The van der Waals surface area contributed by atoms with Crippen LogP contribution >= 0.6 is 23.1 Å². The Kier molecular flexibility index (Phi) is 9.84. The molecule has 1 amide bonds. The number of thioether (sulfide) groups is 1. The maximum Gasteiger partial charge on any atom is 0.296 e. The lowest BCUT2D eigenvalue weighted by molar-refractivity contribution is -0.117. The van der Waals surface area contributed by atoms with Crippen LogP contribution in [0.1, 0.15) is 48.9 Å². The number of benzene rings is 3. The molecule has 1 aliphatic heterocycles. The first-order chi connectivity index (χ1) is 20.5. The number of anilines is 1. The van der Waals surface area contributed by atoms with Gasteiger partial charge in [-0.3, -0.25) is 14.5 Å². The fourth-order valence-electron chi connectivity index (χ4n) is 4.56. The molecule has 1 aromatic heterocycles. The van der Waals surface area contributed by atoms with E-state index in [0.29, 0.717) is 33.1 Å². The van der Waals surface area contributed by atoms with Gasteiger partial charge in [-0.05, 0) is 41.3 Å². The first-order valence-electron chi connectivity index (χ1n) is 13.8. The van der Waals surface area contributed by atoms with Crippen molar-refractivity contribution in [2.75, 3.05) is 11.5 Å². The quantitative estimate of drug-likeness (QED) is 0.0735. The third kappa shape index (κ3) is 6.98. The monoisotopic (exact) mass is 597 g/mol. The molecular formula is C33H31N3O4S2. The fourth-order valence-corrected chi connectivity index (χ4v) is 6.38. The van der Waals surface area contributed by atoms with Gasteiger partial charge in [0.25, 0.3) is 5.91 Å². The van der Waals surface area contributed by atoms with E-state index in [-0.39, 0.29) is 5.57 Å². The molecule has 1 atom stereocenters. The van der Waals surface area contributed by atoms with Crippen molar-refractivity contribution in [3.05, 3.63) is 119 Å². The molecule has 3 aromatic carbocycles. The van der Waals surface area contributed by atoms with Crippen LogP contribution in [0.15, 0.2) is 107 Å². The minimum absolute atomic E-state index is 0.00233. The van der Waals surface area contributed by atoms with Crippen molar-refractivity contribution in [3.8, 4) is 5.75 Å². The van der Waals surface area contributed by atoms with Crippen LogP contribution in [0.5, 0.6) is 5.75 Å². The van der Waals surface area contributed by atoms with Crippen molar-refractivity contribution < 1.29 is 19.4 Å². The van der Waals surface area contributed by atoms with Crippen LogP contribution in [-0.2, 0) is 15.3 Å². The predicted octanol–water partition coefficient (Wildman–Crippen LogP) is 7.58. The molecule has 2 heterocycles. The number of unbranched alkanes of at least 4 members (excludes halogenated alkanes) is 2. The summed E-state index contributed by atoms with van der Waals surface area (Å²) in [5, 5.41) is 19.9. The van der Waals surface area contributed by atoms with Gasteiger partial charge in [0.05, 0.1) is 18.2 Å². The lowest BCUT2D eigenvalue weighted by Crippen LogP contribution is -2.30. The zero-order valence-electron chi connectivity index (χ0n) is 23.2. The molecule has 214 valence electrons. The van der Waals surface area contributed by atoms with E-state index < -0.39 is 23.5 Å². The number of allylic oxidation sites excluding steroid dienone is 1. The second kappa shape index (κ2) is 14.1. The van der Waals surface area contributed by atoms with Gasteiger partial charge in [0.1, 0.15) is 5.75 Å². The van der Waals surface area contributed by atoms with E-state index in [0.717, 1.165) is 30.4 Å². The van der Waals surface area contributed by atoms with E-state index >= 15 is 0 Å². The molecule has 42 heavy (non-hydrogen) atoms. The number of carbonyl (C=O) groups is 2. The summed E-state index contributed by atoms with van der Waals surface area (Å²) in [6.45, 7) is 2.76. The Morgan fingerprint density at radius 1 is 1.00 bits per heavy atom. The Morgan fingerprint density at radius 3 is 2.43 bits per heavy atom. The Balaban J connectivity index is 1.43. The number of ketones is 1. The summed E-state index contributed by atoms with van der Waals surface area (Å²) in [5.41, 5.74) is 2.62. The van der Waals surface area contributed by atoms with Gasteiger partial charge < -0.3 is 9.84 Å². The number of aliphatic hydroxyl groups is 1. The Bertz CT molecular complexity index is 1570. The van der Waals surface area contributed by atoms with Crippen LogP contribution in [0.3, 0.4) is 0 Å². The Morgan fingerprint density at radius 2 is 1.71 bits per heavy atom. The van der Waals surface area contributed by atoms with Crippen LogP contribution in [0, 0.1) is 0 Å². The molecule has 0 bridgehead atoms. The maximum atomic E-state index is 13.5. The number of ether oxygens (including phenoxy) is 1. The summed E-state index contributed by atoms with van der Waals surface area (Å²) < 4.78 is 6.54. The Hall–Kier alpha value is -4.21. The first-order valence-corrected chi connectivity index (χ1v) is 15.6. The molecule has 0 fully saturated rings. The fraction of sp³-hybridized carbons (Fsp3) is 0.212. The highest BCUT2D eigenvalue weighted by Crippen LogP contribution is 2.43. The Labute approximate surface area is 253 Å². The number of rotatable bonds is 13. The van der Waals surface area contributed by atoms with E-state index in [4.69, 9.17) is 4.74 Å². The third-order valence-corrected chi connectivity index (χ3v) is 8.85. The molecule has 1 N–H and O–H groups in total. The van der Waals surface area contributed by atoms with E-state index in [2.05, 4.69) is 17.1 Å². The zero-order valence-corrected chi connectivity index (χ0v) is 24.8. The zero-order chi connectivity index (χ0) is 29.3. The van der Waals surface area contributed by atoms with Crippen LogP contribution in [0.2, 0.25) is 0 Å². The number of aromatic nitrogens is 2. The molecule has 5 rings (SSSR count). The molecule has 1 unspecified atom stereocenters. The molecule has 0 radical (unpaired) electrons. The SMILES string of the molecule is CCCCCOc1ccc(C2C(C(=O)C=Cc3ccccc3)=C(O)C(=O)N2c2nnc(SCc3ccccc3)s2)cc1. The molecule has 0 saturated carbocycles. The van der Waals surface area contributed by atoms with Gasteiger partial charge in [-0.15, -0.1) is 10.2 Å². The smallest absolute Gasteiger partial charge is 0.296 e. The van der Waals surface area contributed by atoms with Crippen molar-refractivity contribution in [2.45, 2.75) is 42.3 Å². The van der Waals surface area contributed by atoms with Crippen molar-refractivity contribution in [1.82, 2.24) is 10.2 Å². The summed E-state index contributed by atoms with van der Waals surface area (Å²) in [6.07, 6.45) is 6.22. The molecule has 9 heteroatoms. The lowest BCUT2D eigenvalue weighted by atomic mass is 9.95. The van der Waals surface area contributed by atoms with Gasteiger partial charge in [-0.2, -0.15) is 0 Å². The van der Waals surface area contributed by atoms with Gasteiger partial charge in [0.2, 0.25) is 5.13 Å². The maximum absolute atomic E-state index is 13.5.